The second-order valence-corrected chi connectivity index (χ2v) is 17.9. The number of methoxy groups -OCH3 is 2. The van der Waals surface area contributed by atoms with Gasteiger partial charge < -0.3 is 29.7 Å². The van der Waals surface area contributed by atoms with E-state index in [0.29, 0.717) is 45.4 Å². The van der Waals surface area contributed by atoms with Gasteiger partial charge in [-0.15, -0.1) is 0 Å². The summed E-state index contributed by atoms with van der Waals surface area (Å²) in [6.07, 6.45) is 5.05. The molecule has 5 aromatic rings. The molecule has 2 heterocycles. The molecule has 290 valence electrons. The molecule has 0 aliphatic rings. The van der Waals surface area contributed by atoms with Crippen LogP contribution in [0.5, 0.6) is 23.1 Å². The maximum absolute atomic E-state index is 13.2. The normalized spacial score (nSPS) is 12.0. The molecule has 0 radical (unpaired) electrons. The quantitative estimate of drug-likeness (QED) is 0.107. The average Bonchev–Trinajstić information content (AvgIpc) is 3.49. The van der Waals surface area contributed by atoms with Gasteiger partial charge in [-0.3, -0.25) is 14.2 Å². The molecule has 0 atom stereocenters. The van der Waals surface area contributed by atoms with Gasteiger partial charge in [0.25, 0.3) is 5.91 Å². The first-order chi connectivity index (χ1) is 25.0. The molecule has 0 aliphatic carbocycles. The maximum Gasteiger partial charge on any atom is 0.291 e. The zero-order valence-electron chi connectivity index (χ0n) is 31.8. The van der Waals surface area contributed by atoms with E-state index < -0.39 is 26.0 Å². The molecule has 0 unspecified atom stereocenters. The number of aromatic nitrogens is 2. The van der Waals surface area contributed by atoms with Crippen LogP contribution >= 0.6 is 0 Å². The summed E-state index contributed by atoms with van der Waals surface area (Å²) >= 11 is 0. The Kier molecular flexibility index (Phi) is 12.1. The topological polar surface area (TPSA) is 214 Å². The highest BCUT2D eigenvalue weighted by Crippen LogP contribution is 2.40. The summed E-state index contributed by atoms with van der Waals surface area (Å²) in [5.41, 5.74) is 8.80. The lowest BCUT2D eigenvalue weighted by atomic mass is 9.86. The Balaban J connectivity index is 0.000000304. The number of furan rings is 1. The number of hydrogen-bond donors (Lipinski definition) is 4. The zero-order chi connectivity index (χ0) is 40.2. The number of carbonyl (C=O) groups excluding carboxylic acids is 1. The molecule has 2 aromatic heterocycles. The molecule has 0 fully saturated rings. The minimum atomic E-state index is -3.60. The van der Waals surface area contributed by atoms with Crippen LogP contribution in [0.4, 0.5) is 22.7 Å². The highest BCUT2D eigenvalue weighted by molar-refractivity contribution is 7.92. The van der Waals surface area contributed by atoms with Crippen molar-refractivity contribution in [3.63, 3.8) is 0 Å². The van der Waals surface area contributed by atoms with Gasteiger partial charge in [-0.1, -0.05) is 53.7 Å². The number of carbonyl (C=O) groups is 1. The fraction of sp³-hybridized carbons (Fsp3) is 0.324. The minimum Gasteiger partial charge on any atom is -0.492 e. The molecule has 5 N–H and O–H groups in total. The third kappa shape index (κ3) is 10.8. The molecular weight excluding hydrogens is 737 g/mol. The lowest BCUT2D eigenvalue weighted by molar-refractivity contribution is 0.0998. The van der Waals surface area contributed by atoms with Crippen LogP contribution in [0, 0.1) is 0 Å². The van der Waals surface area contributed by atoms with Gasteiger partial charge in [0.1, 0.15) is 6.33 Å². The number of nitrogens with two attached hydrogens (primary N) is 1. The number of anilines is 4. The summed E-state index contributed by atoms with van der Waals surface area (Å²) in [5.74, 6) is 0.712. The number of nitrogen functional groups attached to an aromatic ring is 1. The van der Waals surface area contributed by atoms with Gasteiger partial charge in [-0.25, -0.2) is 26.8 Å². The Hall–Kier alpha value is -5.55. The van der Waals surface area contributed by atoms with Crippen LogP contribution < -0.4 is 34.7 Å². The predicted octanol–water partition coefficient (Wildman–Crippen LogP) is 6.89. The molecule has 0 saturated heterocycles. The number of rotatable bonds is 10. The lowest BCUT2D eigenvalue weighted by Gasteiger charge is -2.23. The van der Waals surface area contributed by atoms with Crippen LogP contribution in [0.15, 0.2) is 71.5 Å². The second-order valence-electron chi connectivity index (χ2n) is 14.4. The average molecular weight is 783 g/mol. The molecule has 5 rings (SSSR count). The van der Waals surface area contributed by atoms with Crippen LogP contribution in [0.2, 0.25) is 0 Å². The van der Waals surface area contributed by atoms with Gasteiger partial charge in [-0.2, -0.15) is 0 Å². The Labute approximate surface area is 315 Å². The summed E-state index contributed by atoms with van der Waals surface area (Å²) in [7, 11) is -4.13. The highest BCUT2D eigenvalue weighted by Gasteiger charge is 2.24. The Morgan fingerprint density at radius 1 is 0.778 bits per heavy atom. The summed E-state index contributed by atoms with van der Waals surface area (Å²) in [6.45, 7) is 12.0. The van der Waals surface area contributed by atoms with Crippen molar-refractivity contribution in [2.45, 2.75) is 52.4 Å². The predicted molar refractivity (Wildman–Crippen MR) is 211 cm³/mol. The molecule has 17 heteroatoms. The van der Waals surface area contributed by atoms with E-state index in [4.69, 9.17) is 24.4 Å². The third-order valence-corrected chi connectivity index (χ3v) is 8.87. The van der Waals surface area contributed by atoms with Crippen molar-refractivity contribution in [2.24, 2.45) is 0 Å². The molecule has 54 heavy (non-hydrogen) atoms. The number of para-hydroxylation sites is 1. The Morgan fingerprint density at radius 3 is 1.85 bits per heavy atom. The van der Waals surface area contributed by atoms with Gasteiger partial charge in [-0.05, 0) is 58.4 Å². The smallest absolute Gasteiger partial charge is 0.291 e. The molecule has 0 aliphatic heterocycles. The number of sulfonamides is 2. The second kappa shape index (κ2) is 15.8. The van der Waals surface area contributed by atoms with Crippen molar-refractivity contribution < 1.29 is 40.3 Å². The number of nitrogens with zero attached hydrogens (tertiary/aromatic N) is 2. The van der Waals surface area contributed by atoms with E-state index in [1.165, 1.54) is 20.5 Å². The molecule has 0 saturated carbocycles. The van der Waals surface area contributed by atoms with Gasteiger partial charge in [0.15, 0.2) is 28.6 Å². The highest BCUT2D eigenvalue weighted by atomic mass is 32.2. The fourth-order valence-electron chi connectivity index (χ4n) is 5.10. The van der Waals surface area contributed by atoms with Gasteiger partial charge >= 0.3 is 0 Å². The standard InChI is InChI=1S/C25H26N4O6S.C12H20N2O3S/c1-25(2,3)16-12-17(23(33-4)18(13-16)29-36(5,31)32)28-24(30)20-11-15-7-6-8-19(22(15)35-20)34-21-9-10-26-14-27-21;1-12(2,3)8-6-9(13)11(17-4)10(7-8)14-18(5,15)16/h6-14,29H,1-5H3,(H,28,30);6-7,14H,13H2,1-5H3. The molecule has 0 bridgehead atoms. The SMILES string of the molecule is COc1c(N)cc(C(C)(C)C)cc1NS(C)(=O)=O.COc1c(NC(=O)c2cc3cccc(Oc4ccncn4)c3o2)cc(C(C)(C)C)cc1NS(C)(=O)=O. The van der Waals surface area contributed by atoms with Crippen LogP contribution in [0.1, 0.15) is 63.2 Å². The number of nitrogens with one attached hydrogen (secondary N) is 3. The summed E-state index contributed by atoms with van der Waals surface area (Å²) < 4.78 is 73.7. The number of hydrogen-bond acceptors (Lipinski definition) is 12. The van der Waals surface area contributed by atoms with E-state index in [1.54, 1.807) is 60.8 Å². The summed E-state index contributed by atoms with van der Waals surface area (Å²) in [6, 6.07) is 15.4. The van der Waals surface area contributed by atoms with E-state index in [9.17, 15) is 21.6 Å². The lowest BCUT2D eigenvalue weighted by Crippen LogP contribution is -2.18. The van der Waals surface area contributed by atoms with E-state index >= 15 is 0 Å². The molecule has 15 nitrogen and oxygen atoms in total. The van der Waals surface area contributed by atoms with E-state index in [0.717, 1.165) is 23.6 Å². The van der Waals surface area contributed by atoms with Crippen molar-refractivity contribution in [3.8, 4) is 23.1 Å². The third-order valence-electron chi connectivity index (χ3n) is 7.69. The first-order valence-electron chi connectivity index (χ1n) is 16.4. The van der Waals surface area contributed by atoms with Crippen LogP contribution in [0.25, 0.3) is 11.0 Å². The number of amides is 1. The molecule has 3 aromatic carbocycles. The summed E-state index contributed by atoms with van der Waals surface area (Å²) in [4.78, 5) is 21.1. The van der Waals surface area contributed by atoms with Crippen molar-refractivity contribution in [1.82, 2.24) is 9.97 Å². The molecular formula is C37H46N6O9S2. The van der Waals surface area contributed by atoms with Crippen LogP contribution in [-0.2, 0) is 30.9 Å². The van der Waals surface area contributed by atoms with Gasteiger partial charge in [0.05, 0.1) is 49.5 Å². The molecule has 0 spiro atoms. The van der Waals surface area contributed by atoms with Gasteiger partial charge in [0.2, 0.25) is 25.9 Å². The monoisotopic (exact) mass is 782 g/mol. The zero-order valence-corrected chi connectivity index (χ0v) is 33.4. The minimum absolute atomic E-state index is 0.0320. The van der Waals surface area contributed by atoms with Crippen LogP contribution in [-0.4, -0.2) is 59.4 Å². The van der Waals surface area contributed by atoms with Crippen LogP contribution in [0.3, 0.4) is 0 Å². The van der Waals surface area contributed by atoms with Crippen molar-refractivity contribution in [3.05, 3.63) is 84.0 Å². The first-order valence-corrected chi connectivity index (χ1v) is 20.2. The Bertz CT molecular complexity index is 2370. The maximum atomic E-state index is 13.2. The van der Waals surface area contributed by atoms with E-state index in [-0.39, 0.29) is 28.0 Å². The molecule has 1 amide bonds. The number of ether oxygens (including phenoxy) is 3. The van der Waals surface area contributed by atoms with Crippen molar-refractivity contribution in [2.75, 3.05) is 47.2 Å². The number of fused-ring (bicyclic) bond motifs is 1. The van der Waals surface area contributed by atoms with Gasteiger partial charge in [0, 0.05) is 17.6 Å². The van der Waals surface area contributed by atoms with Crippen molar-refractivity contribution in [1.29, 1.82) is 0 Å². The largest absolute Gasteiger partial charge is 0.492 e. The Morgan fingerprint density at radius 2 is 1.33 bits per heavy atom. The first kappa shape index (κ1) is 41.2. The van der Waals surface area contributed by atoms with E-state index in [2.05, 4.69) is 24.7 Å². The summed E-state index contributed by atoms with van der Waals surface area (Å²) in [5, 5.41) is 3.45. The van der Waals surface area contributed by atoms with E-state index in [1.807, 2.05) is 41.5 Å². The van der Waals surface area contributed by atoms with Crippen molar-refractivity contribution >= 4 is 59.7 Å². The number of benzene rings is 3. The fourth-order valence-corrected chi connectivity index (χ4v) is 6.20.